The normalized spacial score (nSPS) is 12.7. The van der Waals surface area contributed by atoms with Gasteiger partial charge in [-0.15, -0.1) is 0 Å². The summed E-state index contributed by atoms with van der Waals surface area (Å²) < 4.78 is 2.10. The van der Waals surface area contributed by atoms with Gasteiger partial charge in [0.1, 0.15) is 17.5 Å². The molecule has 4 heteroatoms. The summed E-state index contributed by atoms with van der Waals surface area (Å²) in [7, 11) is 0. The maximum Gasteiger partial charge on any atom is 0.164 e. The lowest BCUT2D eigenvalue weighted by molar-refractivity contribution is 0.649. The van der Waals surface area contributed by atoms with Crippen LogP contribution in [0.4, 0.5) is 0 Å². The van der Waals surface area contributed by atoms with Gasteiger partial charge in [-0.2, -0.15) is 0 Å². The summed E-state index contributed by atoms with van der Waals surface area (Å²) in [5.41, 5.74) is 2.84. The quantitative estimate of drug-likeness (QED) is 0.717. The number of rotatable bonds is 5. The van der Waals surface area contributed by atoms with Crippen molar-refractivity contribution in [2.45, 2.75) is 39.2 Å². The first-order valence-electron chi connectivity index (χ1n) is 7.45. The van der Waals surface area contributed by atoms with Crippen LogP contribution in [0.5, 0.6) is 0 Å². The van der Waals surface area contributed by atoms with Crippen LogP contribution in [0, 0.1) is 6.20 Å². The number of unbranched alkanes of at least 4 members (excludes halogenated alkanes) is 1. The lowest BCUT2D eigenvalue weighted by atomic mass is 10.1. The Balaban J connectivity index is 1.98. The topological polar surface area (TPSA) is 43.6 Å². The Labute approximate surface area is 124 Å². The molecule has 0 bridgehead atoms. The van der Waals surface area contributed by atoms with Crippen LogP contribution in [0.3, 0.4) is 0 Å². The molecule has 0 N–H and O–H groups in total. The standard InChI is InChI=1S/C17H19N4/c1-3-4-10-16-18-11-15-17(20-16)21(12-19-15)13(2)14-8-6-5-7-9-14/h5-9,12-13H,3-4,10H2,1-2H3. The van der Waals surface area contributed by atoms with Gasteiger partial charge in [0.2, 0.25) is 0 Å². The number of aryl methyl sites for hydroxylation is 1. The molecular formula is C17H19N4. The van der Waals surface area contributed by atoms with Gasteiger partial charge in [-0.3, -0.25) is 0 Å². The van der Waals surface area contributed by atoms with Gasteiger partial charge in [0.15, 0.2) is 5.65 Å². The van der Waals surface area contributed by atoms with Crippen LogP contribution < -0.4 is 0 Å². The largest absolute Gasteiger partial charge is 0.308 e. The Kier molecular flexibility index (Phi) is 3.95. The molecule has 0 aliphatic rings. The van der Waals surface area contributed by atoms with Crippen LogP contribution in [-0.2, 0) is 6.42 Å². The zero-order valence-corrected chi connectivity index (χ0v) is 12.5. The summed E-state index contributed by atoms with van der Waals surface area (Å²) in [5, 5.41) is 0. The molecule has 1 aromatic carbocycles. The van der Waals surface area contributed by atoms with E-state index in [1.807, 2.05) is 12.4 Å². The van der Waals surface area contributed by atoms with Crippen molar-refractivity contribution in [3.8, 4) is 0 Å². The van der Waals surface area contributed by atoms with Gasteiger partial charge in [-0.1, -0.05) is 43.7 Å². The van der Waals surface area contributed by atoms with Crippen molar-refractivity contribution in [3.05, 3.63) is 54.2 Å². The van der Waals surface area contributed by atoms with Crippen molar-refractivity contribution < 1.29 is 0 Å². The van der Waals surface area contributed by atoms with Crippen molar-refractivity contribution in [3.63, 3.8) is 0 Å². The first kappa shape index (κ1) is 13.7. The van der Waals surface area contributed by atoms with Crippen molar-refractivity contribution in [2.24, 2.45) is 0 Å². The maximum absolute atomic E-state index is 4.68. The fraction of sp³-hybridized carbons (Fsp3) is 0.353. The van der Waals surface area contributed by atoms with Crippen LogP contribution in [0.25, 0.3) is 11.2 Å². The van der Waals surface area contributed by atoms with Crippen LogP contribution >= 0.6 is 0 Å². The molecule has 1 radical (unpaired) electrons. The molecule has 1 unspecified atom stereocenters. The van der Waals surface area contributed by atoms with Crippen LogP contribution in [-0.4, -0.2) is 19.5 Å². The number of benzene rings is 1. The van der Waals surface area contributed by atoms with Crippen LogP contribution in [0.1, 0.15) is 44.1 Å². The van der Waals surface area contributed by atoms with Gasteiger partial charge < -0.3 is 4.57 Å². The van der Waals surface area contributed by atoms with Crippen molar-refractivity contribution in [2.75, 3.05) is 0 Å². The van der Waals surface area contributed by atoms with E-state index in [1.54, 1.807) is 0 Å². The molecule has 0 aliphatic heterocycles. The molecule has 0 aliphatic carbocycles. The van der Waals surface area contributed by atoms with E-state index in [4.69, 9.17) is 0 Å². The van der Waals surface area contributed by atoms with E-state index in [-0.39, 0.29) is 6.04 Å². The SMILES string of the molecule is CCCCc1n[c]c2ncn(C(C)c3ccccc3)c2n1. The number of hydrogen-bond donors (Lipinski definition) is 0. The molecule has 0 amide bonds. The summed E-state index contributed by atoms with van der Waals surface area (Å²) in [6.45, 7) is 4.33. The van der Waals surface area contributed by atoms with Crippen LogP contribution in [0.2, 0.25) is 0 Å². The lowest BCUT2D eigenvalue weighted by Crippen LogP contribution is -2.07. The summed E-state index contributed by atoms with van der Waals surface area (Å²) in [4.78, 5) is 13.3. The first-order chi connectivity index (χ1) is 10.3. The smallest absolute Gasteiger partial charge is 0.164 e. The summed E-state index contributed by atoms with van der Waals surface area (Å²) in [6, 6.07) is 10.6. The number of fused-ring (bicyclic) bond motifs is 1. The zero-order valence-electron chi connectivity index (χ0n) is 12.5. The number of nitrogens with zero attached hydrogens (tertiary/aromatic N) is 4. The monoisotopic (exact) mass is 279 g/mol. The van der Waals surface area contributed by atoms with Gasteiger partial charge in [0.05, 0.1) is 12.4 Å². The highest BCUT2D eigenvalue weighted by Gasteiger charge is 2.13. The molecule has 2 aromatic heterocycles. The fourth-order valence-electron chi connectivity index (χ4n) is 2.43. The minimum atomic E-state index is 0.193. The minimum Gasteiger partial charge on any atom is -0.308 e. The molecule has 107 valence electrons. The lowest BCUT2D eigenvalue weighted by Gasteiger charge is -2.14. The number of aromatic nitrogens is 4. The fourth-order valence-corrected chi connectivity index (χ4v) is 2.43. The number of imidazole rings is 1. The Hall–Kier alpha value is -2.23. The minimum absolute atomic E-state index is 0.193. The molecule has 0 saturated heterocycles. The average Bonchev–Trinajstić information content (AvgIpc) is 2.96. The second-order valence-electron chi connectivity index (χ2n) is 5.27. The van der Waals surface area contributed by atoms with Gasteiger partial charge in [0.25, 0.3) is 0 Å². The highest BCUT2D eigenvalue weighted by molar-refractivity contribution is 5.69. The van der Waals surface area contributed by atoms with Gasteiger partial charge >= 0.3 is 0 Å². The summed E-state index contributed by atoms with van der Waals surface area (Å²) >= 11 is 0. The average molecular weight is 279 g/mol. The third kappa shape index (κ3) is 2.79. The molecule has 0 fully saturated rings. The molecule has 3 aromatic rings. The van der Waals surface area contributed by atoms with Gasteiger partial charge in [-0.25, -0.2) is 15.0 Å². The van der Waals surface area contributed by atoms with Crippen molar-refractivity contribution in [1.29, 1.82) is 0 Å². The van der Waals surface area contributed by atoms with E-state index in [2.05, 4.69) is 63.8 Å². The third-order valence-electron chi connectivity index (χ3n) is 3.75. The molecule has 3 rings (SSSR count). The molecule has 0 saturated carbocycles. The van der Waals surface area contributed by atoms with E-state index in [0.717, 1.165) is 36.3 Å². The van der Waals surface area contributed by atoms with E-state index in [0.29, 0.717) is 0 Å². The Morgan fingerprint density at radius 3 is 2.81 bits per heavy atom. The summed E-state index contributed by atoms with van der Waals surface area (Å²) in [6.07, 6.45) is 7.98. The summed E-state index contributed by atoms with van der Waals surface area (Å²) in [5.74, 6) is 0.853. The van der Waals surface area contributed by atoms with Gasteiger partial charge in [-0.05, 0) is 18.9 Å². The Morgan fingerprint density at radius 2 is 2.05 bits per heavy atom. The number of hydrogen-bond acceptors (Lipinski definition) is 3. The van der Waals surface area contributed by atoms with Crippen molar-refractivity contribution in [1.82, 2.24) is 19.5 Å². The Morgan fingerprint density at radius 1 is 1.24 bits per heavy atom. The van der Waals surface area contributed by atoms with Gasteiger partial charge in [0, 0.05) is 6.42 Å². The highest BCUT2D eigenvalue weighted by atomic mass is 15.1. The van der Waals surface area contributed by atoms with E-state index < -0.39 is 0 Å². The van der Waals surface area contributed by atoms with E-state index >= 15 is 0 Å². The predicted molar refractivity (Wildman–Crippen MR) is 83.0 cm³/mol. The molecule has 0 spiro atoms. The zero-order chi connectivity index (χ0) is 14.7. The second kappa shape index (κ2) is 6.04. The molecule has 21 heavy (non-hydrogen) atoms. The highest BCUT2D eigenvalue weighted by Crippen LogP contribution is 2.21. The molecule has 2 heterocycles. The molecule has 1 atom stereocenters. The first-order valence-corrected chi connectivity index (χ1v) is 7.45. The molecular weight excluding hydrogens is 260 g/mol. The predicted octanol–water partition coefficient (Wildman–Crippen LogP) is 3.58. The third-order valence-corrected chi connectivity index (χ3v) is 3.75. The van der Waals surface area contributed by atoms with E-state index in [9.17, 15) is 0 Å². The van der Waals surface area contributed by atoms with Crippen LogP contribution in [0.15, 0.2) is 36.7 Å². The second-order valence-corrected chi connectivity index (χ2v) is 5.27. The Bertz CT molecular complexity index is 718. The van der Waals surface area contributed by atoms with E-state index in [1.165, 1.54) is 5.56 Å². The van der Waals surface area contributed by atoms with Crippen molar-refractivity contribution >= 4 is 11.2 Å². The maximum atomic E-state index is 4.68. The molecule has 4 nitrogen and oxygen atoms in total.